The van der Waals surface area contributed by atoms with Crippen LogP contribution < -0.4 is 5.32 Å². The van der Waals surface area contributed by atoms with Crippen molar-refractivity contribution in [1.82, 2.24) is 20.0 Å². The predicted molar refractivity (Wildman–Crippen MR) is 102 cm³/mol. The third-order valence-electron chi connectivity index (χ3n) is 4.43. The van der Waals surface area contributed by atoms with Crippen molar-refractivity contribution in [3.63, 3.8) is 0 Å². The topological polar surface area (TPSA) is 50.2 Å². The molecule has 0 bridgehead atoms. The molecule has 2 heterocycles. The summed E-state index contributed by atoms with van der Waals surface area (Å²) in [5.41, 5.74) is 0.859. The van der Waals surface area contributed by atoms with Crippen molar-refractivity contribution in [1.29, 1.82) is 0 Å². The van der Waals surface area contributed by atoms with Crippen LogP contribution >= 0.6 is 12.4 Å². The summed E-state index contributed by atoms with van der Waals surface area (Å²) in [6.45, 7) is 6.11. The maximum atomic E-state index is 13.9. The molecule has 0 aliphatic carbocycles. The molecule has 1 amide bonds. The molecule has 140 valence electrons. The zero-order valence-electron chi connectivity index (χ0n) is 14.6. The molecule has 7 heteroatoms. The number of hydrogen-bond acceptors (Lipinski definition) is 3. The molecule has 2 aromatic rings. The normalized spacial score (nSPS) is 16.6. The summed E-state index contributed by atoms with van der Waals surface area (Å²) in [6.07, 6.45) is 5.64. The Morgan fingerprint density at radius 1 is 1.42 bits per heavy atom. The summed E-state index contributed by atoms with van der Waals surface area (Å²) in [7, 11) is 0. The van der Waals surface area contributed by atoms with Gasteiger partial charge >= 0.3 is 0 Å². The molecule has 5 nitrogen and oxygen atoms in total. The Morgan fingerprint density at radius 2 is 2.23 bits per heavy atom. The number of carbonyl (C=O) groups excluding carboxylic acids is 1. The molecule has 1 N–H and O–H groups in total. The number of rotatable bonds is 6. The second kappa shape index (κ2) is 9.50. The number of hydrogen-bond donors (Lipinski definition) is 1. The lowest BCUT2D eigenvalue weighted by molar-refractivity contribution is 0.0754. The van der Waals surface area contributed by atoms with Gasteiger partial charge in [0.2, 0.25) is 0 Å². The number of nitrogens with zero attached hydrogens (tertiary/aromatic N) is 3. The summed E-state index contributed by atoms with van der Waals surface area (Å²) < 4.78 is 15.8. The van der Waals surface area contributed by atoms with Crippen LogP contribution in [-0.4, -0.2) is 40.2 Å². The van der Waals surface area contributed by atoms with Gasteiger partial charge in [-0.2, -0.15) is 5.10 Å². The first kappa shape index (κ1) is 20.1. The molecule has 1 aromatic heterocycles. The van der Waals surface area contributed by atoms with Crippen LogP contribution in [0.15, 0.2) is 49.2 Å². The lowest BCUT2D eigenvalue weighted by Gasteiger charge is -2.23. The van der Waals surface area contributed by atoms with Crippen molar-refractivity contribution in [3.05, 3.63) is 66.3 Å². The van der Waals surface area contributed by atoms with Gasteiger partial charge in [0.1, 0.15) is 11.5 Å². The Morgan fingerprint density at radius 3 is 2.92 bits per heavy atom. The molecular formula is C19H24ClFN4O. The first-order chi connectivity index (χ1) is 12.2. The van der Waals surface area contributed by atoms with Gasteiger partial charge < -0.3 is 10.2 Å². The fraction of sp³-hybridized carbons (Fsp3) is 0.368. The second-order valence-corrected chi connectivity index (χ2v) is 6.25. The number of carbonyl (C=O) groups is 1. The maximum Gasteiger partial charge on any atom is 0.274 e. The van der Waals surface area contributed by atoms with E-state index in [1.165, 1.54) is 6.07 Å². The molecule has 3 rings (SSSR count). The van der Waals surface area contributed by atoms with Crippen LogP contribution in [0.4, 0.5) is 4.39 Å². The number of halogens is 2. The minimum absolute atomic E-state index is 0. The fourth-order valence-electron chi connectivity index (χ4n) is 3.08. The van der Waals surface area contributed by atoms with Gasteiger partial charge in [0.15, 0.2) is 0 Å². The molecule has 1 unspecified atom stereocenters. The van der Waals surface area contributed by atoms with E-state index in [1.807, 2.05) is 10.9 Å². The highest BCUT2D eigenvalue weighted by Gasteiger charge is 2.21. The average Bonchev–Trinajstić information content (AvgIpc) is 3.13. The van der Waals surface area contributed by atoms with E-state index in [4.69, 9.17) is 0 Å². The van der Waals surface area contributed by atoms with E-state index < -0.39 is 0 Å². The zero-order valence-corrected chi connectivity index (χ0v) is 15.4. The van der Waals surface area contributed by atoms with Gasteiger partial charge in [0.25, 0.3) is 5.91 Å². The zero-order chi connectivity index (χ0) is 17.6. The monoisotopic (exact) mass is 378 g/mol. The lowest BCUT2D eigenvalue weighted by atomic mass is 10.1. The van der Waals surface area contributed by atoms with Crippen LogP contribution in [0.1, 0.15) is 34.9 Å². The molecule has 1 saturated heterocycles. The molecule has 26 heavy (non-hydrogen) atoms. The van der Waals surface area contributed by atoms with Gasteiger partial charge in [0.05, 0.1) is 6.04 Å². The van der Waals surface area contributed by atoms with Crippen LogP contribution in [0.25, 0.3) is 0 Å². The van der Waals surface area contributed by atoms with E-state index in [0.29, 0.717) is 17.8 Å². The number of amides is 1. The molecule has 0 spiro atoms. The number of benzene rings is 1. The minimum Gasteiger partial charge on any atom is -0.329 e. The van der Waals surface area contributed by atoms with Gasteiger partial charge in [-0.1, -0.05) is 24.3 Å². The van der Waals surface area contributed by atoms with Crippen LogP contribution in [0, 0.1) is 5.82 Å². The summed E-state index contributed by atoms with van der Waals surface area (Å²) in [6, 6.07) is 8.49. The van der Waals surface area contributed by atoms with Crippen LogP contribution in [-0.2, 0) is 6.54 Å². The predicted octanol–water partition coefficient (Wildman–Crippen LogP) is 3.20. The van der Waals surface area contributed by atoms with E-state index in [0.717, 1.165) is 25.9 Å². The summed E-state index contributed by atoms with van der Waals surface area (Å²) in [5.74, 6) is -0.533. The van der Waals surface area contributed by atoms with Crippen LogP contribution in [0.5, 0.6) is 0 Å². The van der Waals surface area contributed by atoms with E-state index in [2.05, 4.69) is 17.0 Å². The summed E-state index contributed by atoms with van der Waals surface area (Å²) in [4.78, 5) is 14.4. The fourth-order valence-corrected chi connectivity index (χ4v) is 3.08. The molecule has 1 aliphatic rings. The average molecular weight is 379 g/mol. The number of aromatic nitrogens is 2. The van der Waals surface area contributed by atoms with Crippen LogP contribution in [0.2, 0.25) is 0 Å². The highest BCUT2D eigenvalue weighted by atomic mass is 35.5. The Labute approximate surface area is 159 Å². The third-order valence-corrected chi connectivity index (χ3v) is 4.43. The Kier molecular flexibility index (Phi) is 7.36. The standard InChI is InChI=1S/C19H23FN4O.ClH/c1-2-11-23(14-15-6-3-4-8-17(15)20)19(25)18-9-12-24(22-18)16-7-5-10-21-13-16;/h2-4,6,8-9,12,16,21H,1,5,7,10-11,13-14H2;1H. The Hall–Kier alpha value is -2.18. The van der Waals surface area contributed by atoms with Crippen LogP contribution in [0.3, 0.4) is 0 Å². The molecule has 1 atom stereocenters. The Bertz CT molecular complexity index is 743. The molecule has 0 radical (unpaired) electrons. The van der Waals surface area contributed by atoms with E-state index in [9.17, 15) is 9.18 Å². The molecule has 1 aromatic carbocycles. The molecule has 1 aliphatic heterocycles. The first-order valence-electron chi connectivity index (χ1n) is 8.58. The first-order valence-corrected chi connectivity index (χ1v) is 8.58. The summed E-state index contributed by atoms with van der Waals surface area (Å²) in [5, 5.41) is 7.80. The quantitative estimate of drug-likeness (QED) is 0.785. The van der Waals surface area contributed by atoms with Gasteiger partial charge in [0, 0.05) is 31.4 Å². The third kappa shape index (κ3) is 4.71. The Balaban J connectivity index is 0.00000243. The molecule has 0 saturated carbocycles. The summed E-state index contributed by atoms with van der Waals surface area (Å²) >= 11 is 0. The highest BCUT2D eigenvalue weighted by molar-refractivity contribution is 5.92. The van der Waals surface area contributed by atoms with E-state index >= 15 is 0 Å². The molecule has 1 fully saturated rings. The maximum absolute atomic E-state index is 13.9. The van der Waals surface area contributed by atoms with E-state index in [-0.39, 0.29) is 36.7 Å². The number of nitrogens with one attached hydrogen (secondary N) is 1. The SMILES string of the molecule is C=CCN(Cc1ccccc1F)C(=O)c1ccn(C2CCCNC2)n1.Cl. The highest BCUT2D eigenvalue weighted by Crippen LogP contribution is 2.17. The van der Waals surface area contributed by atoms with E-state index in [1.54, 1.807) is 35.2 Å². The second-order valence-electron chi connectivity index (χ2n) is 6.25. The van der Waals surface area contributed by atoms with Gasteiger partial charge in [-0.05, 0) is 31.5 Å². The van der Waals surface area contributed by atoms with Gasteiger partial charge in [-0.3, -0.25) is 9.48 Å². The van der Waals surface area contributed by atoms with Crippen molar-refractivity contribution >= 4 is 18.3 Å². The van der Waals surface area contributed by atoms with Crippen molar-refractivity contribution in [2.75, 3.05) is 19.6 Å². The lowest BCUT2D eigenvalue weighted by Crippen LogP contribution is -2.33. The van der Waals surface area contributed by atoms with Crippen molar-refractivity contribution in [2.45, 2.75) is 25.4 Å². The van der Waals surface area contributed by atoms with Gasteiger partial charge in [-0.25, -0.2) is 4.39 Å². The van der Waals surface area contributed by atoms with Crippen molar-refractivity contribution < 1.29 is 9.18 Å². The smallest absolute Gasteiger partial charge is 0.274 e. The van der Waals surface area contributed by atoms with Crippen molar-refractivity contribution in [2.24, 2.45) is 0 Å². The largest absolute Gasteiger partial charge is 0.329 e. The molecular weight excluding hydrogens is 355 g/mol. The minimum atomic E-state index is -0.317. The number of piperidine rings is 1. The van der Waals surface area contributed by atoms with Crippen molar-refractivity contribution in [3.8, 4) is 0 Å². The van der Waals surface area contributed by atoms with Gasteiger partial charge in [-0.15, -0.1) is 19.0 Å².